The minimum atomic E-state index is -0.455. The average Bonchev–Trinajstić information content (AvgIpc) is 2.78. The van der Waals surface area contributed by atoms with Gasteiger partial charge in [-0.3, -0.25) is 9.59 Å². The van der Waals surface area contributed by atoms with Crippen molar-refractivity contribution in [1.82, 2.24) is 9.80 Å². The van der Waals surface area contributed by atoms with Crippen LogP contribution in [0.5, 0.6) is 0 Å². The van der Waals surface area contributed by atoms with Crippen LogP contribution in [0.15, 0.2) is 12.7 Å². The standard InChI is InChI=1S/C17H28N2O2/c1-4-17(3,5-2)16(21)18-11-6-8-14(10-13-18)19-12-7-9-15(19)20/h4,14H,1,5-13H2,2-3H3/t14-,17+/m0/s1. The topological polar surface area (TPSA) is 40.6 Å². The molecule has 0 aliphatic carbocycles. The molecule has 0 aromatic heterocycles. The molecule has 118 valence electrons. The molecule has 2 aliphatic rings. The van der Waals surface area contributed by atoms with Gasteiger partial charge in [0, 0.05) is 32.1 Å². The van der Waals surface area contributed by atoms with Crippen LogP contribution in [0.2, 0.25) is 0 Å². The summed E-state index contributed by atoms with van der Waals surface area (Å²) < 4.78 is 0. The zero-order valence-electron chi connectivity index (χ0n) is 13.4. The van der Waals surface area contributed by atoms with Crippen molar-refractivity contribution in [2.75, 3.05) is 19.6 Å². The second kappa shape index (κ2) is 6.63. The van der Waals surface area contributed by atoms with E-state index in [2.05, 4.69) is 6.58 Å². The van der Waals surface area contributed by atoms with E-state index in [4.69, 9.17) is 0 Å². The highest BCUT2D eigenvalue weighted by atomic mass is 16.2. The van der Waals surface area contributed by atoms with Crippen LogP contribution in [-0.4, -0.2) is 47.3 Å². The van der Waals surface area contributed by atoms with E-state index < -0.39 is 5.41 Å². The monoisotopic (exact) mass is 292 g/mol. The second-order valence-corrected chi connectivity index (χ2v) is 6.54. The molecule has 0 unspecified atom stereocenters. The Hall–Kier alpha value is -1.32. The first-order chi connectivity index (χ1) is 10.0. The molecule has 0 bridgehead atoms. The molecular weight excluding hydrogens is 264 g/mol. The Morgan fingerprint density at radius 3 is 2.67 bits per heavy atom. The van der Waals surface area contributed by atoms with Gasteiger partial charge >= 0.3 is 0 Å². The first-order valence-electron chi connectivity index (χ1n) is 8.24. The summed E-state index contributed by atoms with van der Waals surface area (Å²) in [4.78, 5) is 28.6. The smallest absolute Gasteiger partial charge is 0.232 e. The van der Waals surface area contributed by atoms with Gasteiger partial charge in [-0.2, -0.15) is 0 Å². The molecule has 2 atom stereocenters. The lowest BCUT2D eigenvalue weighted by molar-refractivity contribution is -0.138. The van der Waals surface area contributed by atoms with Crippen LogP contribution in [-0.2, 0) is 9.59 Å². The van der Waals surface area contributed by atoms with Gasteiger partial charge in [-0.1, -0.05) is 13.0 Å². The first-order valence-corrected chi connectivity index (χ1v) is 8.24. The molecule has 0 saturated carbocycles. The van der Waals surface area contributed by atoms with Gasteiger partial charge in [-0.15, -0.1) is 6.58 Å². The van der Waals surface area contributed by atoms with Gasteiger partial charge in [0.1, 0.15) is 0 Å². The molecule has 21 heavy (non-hydrogen) atoms. The maximum atomic E-state index is 12.7. The Kier molecular flexibility index (Phi) is 5.07. The van der Waals surface area contributed by atoms with E-state index in [0.717, 1.165) is 51.7 Å². The van der Waals surface area contributed by atoms with Gasteiger partial charge in [0.15, 0.2) is 0 Å². The minimum Gasteiger partial charge on any atom is -0.342 e. The molecule has 2 aliphatic heterocycles. The molecule has 0 N–H and O–H groups in total. The molecule has 0 spiro atoms. The molecule has 2 amide bonds. The normalized spacial score (nSPS) is 26.4. The van der Waals surface area contributed by atoms with Crippen molar-refractivity contribution in [2.24, 2.45) is 5.41 Å². The molecule has 0 aromatic carbocycles. The second-order valence-electron chi connectivity index (χ2n) is 6.54. The van der Waals surface area contributed by atoms with Crippen LogP contribution in [0.25, 0.3) is 0 Å². The summed E-state index contributed by atoms with van der Waals surface area (Å²) in [6.07, 6.45) is 7.16. The molecule has 2 rings (SSSR count). The number of carbonyl (C=O) groups excluding carboxylic acids is 2. The van der Waals surface area contributed by atoms with E-state index in [-0.39, 0.29) is 5.91 Å². The summed E-state index contributed by atoms with van der Waals surface area (Å²) in [5, 5.41) is 0. The molecular formula is C17H28N2O2. The van der Waals surface area contributed by atoms with E-state index in [9.17, 15) is 9.59 Å². The highest BCUT2D eigenvalue weighted by Crippen LogP contribution is 2.28. The summed E-state index contributed by atoms with van der Waals surface area (Å²) in [6, 6.07) is 0.328. The zero-order chi connectivity index (χ0) is 15.5. The van der Waals surface area contributed by atoms with Crippen LogP contribution < -0.4 is 0 Å². The summed E-state index contributed by atoms with van der Waals surface area (Å²) in [5.74, 6) is 0.484. The van der Waals surface area contributed by atoms with Crippen molar-refractivity contribution < 1.29 is 9.59 Å². The third kappa shape index (κ3) is 3.30. The van der Waals surface area contributed by atoms with Crippen molar-refractivity contribution in [3.8, 4) is 0 Å². The Morgan fingerprint density at radius 2 is 2.10 bits per heavy atom. The van der Waals surface area contributed by atoms with Gasteiger partial charge < -0.3 is 9.80 Å². The maximum absolute atomic E-state index is 12.7. The highest BCUT2D eigenvalue weighted by Gasteiger charge is 2.35. The van der Waals surface area contributed by atoms with E-state index in [0.29, 0.717) is 18.4 Å². The summed E-state index contributed by atoms with van der Waals surface area (Å²) >= 11 is 0. The number of hydrogen-bond acceptors (Lipinski definition) is 2. The lowest BCUT2D eigenvalue weighted by atomic mass is 9.86. The Labute approximate surface area is 128 Å². The van der Waals surface area contributed by atoms with Crippen LogP contribution in [0, 0.1) is 5.41 Å². The fourth-order valence-corrected chi connectivity index (χ4v) is 3.39. The number of amides is 2. The van der Waals surface area contributed by atoms with Gasteiger partial charge in [-0.25, -0.2) is 0 Å². The predicted octanol–water partition coefficient (Wildman–Crippen LogP) is 2.59. The Morgan fingerprint density at radius 1 is 1.33 bits per heavy atom. The number of carbonyl (C=O) groups is 2. The summed E-state index contributed by atoms with van der Waals surface area (Å²) in [6.45, 7) is 10.3. The van der Waals surface area contributed by atoms with Crippen molar-refractivity contribution >= 4 is 11.8 Å². The van der Waals surface area contributed by atoms with Crippen molar-refractivity contribution in [1.29, 1.82) is 0 Å². The van der Waals surface area contributed by atoms with Crippen molar-refractivity contribution in [3.63, 3.8) is 0 Å². The molecule has 2 fully saturated rings. The Balaban J connectivity index is 1.99. The molecule has 2 heterocycles. The average molecular weight is 292 g/mol. The molecule has 2 saturated heterocycles. The summed E-state index contributed by atoms with van der Waals surface area (Å²) in [5.41, 5.74) is -0.455. The molecule has 4 nitrogen and oxygen atoms in total. The third-order valence-corrected chi connectivity index (χ3v) is 5.21. The fourth-order valence-electron chi connectivity index (χ4n) is 3.39. The number of rotatable bonds is 4. The van der Waals surface area contributed by atoms with Crippen LogP contribution in [0.4, 0.5) is 0 Å². The van der Waals surface area contributed by atoms with Gasteiger partial charge in [0.2, 0.25) is 11.8 Å². The minimum absolute atomic E-state index is 0.188. The van der Waals surface area contributed by atoms with E-state index >= 15 is 0 Å². The summed E-state index contributed by atoms with van der Waals surface area (Å²) in [7, 11) is 0. The van der Waals surface area contributed by atoms with E-state index in [1.165, 1.54) is 0 Å². The largest absolute Gasteiger partial charge is 0.342 e. The van der Waals surface area contributed by atoms with Gasteiger partial charge in [0.05, 0.1) is 5.41 Å². The third-order valence-electron chi connectivity index (χ3n) is 5.21. The van der Waals surface area contributed by atoms with Crippen LogP contribution in [0.3, 0.4) is 0 Å². The number of likely N-dealkylation sites (tertiary alicyclic amines) is 2. The van der Waals surface area contributed by atoms with E-state index in [1.807, 2.05) is 23.6 Å². The number of hydrogen-bond donors (Lipinski definition) is 0. The van der Waals surface area contributed by atoms with Crippen molar-refractivity contribution in [2.45, 2.75) is 58.4 Å². The SMILES string of the molecule is C=C[C@](C)(CC)C(=O)N1CCC[C@H](N2CCCC2=O)CC1. The number of nitrogens with zero attached hydrogens (tertiary/aromatic N) is 2. The van der Waals surface area contributed by atoms with Gasteiger partial charge in [-0.05, 0) is 39.0 Å². The van der Waals surface area contributed by atoms with E-state index in [1.54, 1.807) is 6.08 Å². The predicted molar refractivity (Wildman–Crippen MR) is 83.8 cm³/mol. The lowest BCUT2D eigenvalue weighted by Gasteiger charge is -2.31. The maximum Gasteiger partial charge on any atom is 0.232 e. The fraction of sp³-hybridized carbons (Fsp3) is 0.765. The van der Waals surface area contributed by atoms with Crippen LogP contribution in [0.1, 0.15) is 52.4 Å². The lowest BCUT2D eigenvalue weighted by Crippen LogP contribution is -2.42. The molecule has 0 radical (unpaired) electrons. The van der Waals surface area contributed by atoms with Crippen LogP contribution >= 0.6 is 0 Å². The zero-order valence-corrected chi connectivity index (χ0v) is 13.4. The first kappa shape index (κ1) is 16.1. The molecule has 4 heteroatoms. The van der Waals surface area contributed by atoms with Gasteiger partial charge in [0.25, 0.3) is 0 Å². The van der Waals surface area contributed by atoms with Crippen molar-refractivity contribution in [3.05, 3.63) is 12.7 Å². The highest BCUT2D eigenvalue weighted by molar-refractivity contribution is 5.84. The molecule has 0 aromatic rings. The quantitative estimate of drug-likeness (QED) is 0.747. The Bertz CT molecular complexity index is 421.